The molecule has 0 spiro atoms. The smallest absolute Gasteiger partial charge is 0.239 e. The van der Waals surface area contributed by atoms with Gasteiger partial charge in [-0.05, 0) is 22.9 Å². The number of alkyl halides is 1. The van der Waals surface area contributed by atoms with Crippen molar-refractivity contribution in [3.63, 3.8) is 0 Å². The van der Waals surface area contributed by atoms with E-state index in [9.17, 15) is 12.8 Å². The van der Waals surface area contributed by atoms with Crippen LogP contribution in [-0.2, 0) is 16.7 Å². The average Bonchev–Trinajstić information content (AvgIpc) is 3.29. The first-order chi connectivity index (χ1) is 12.5. The maximum atomic E-state index is 13.5. The van der Waals surface area contributed by atoms with E-state index >= 15 is 0 Å². The van der Waals surface area contributed by atoms with Gasteiger partial charge in [0.2, 0.25) is 15.8 Å². The largest absolute Gasteiger partial charge is 0.246 e. The minimum absolute atomic E-state index is 0.00499. The second-order valence-electron chi connectivity index (χ2n) is 5.48. The van der Waals surface area contributed by atoms with Crippen LogP contribution in [0.25, 0.3) is 28.0 Å². The van der Waals surface area contributed by atoms with Crippen molar-refractivity contribution in [3.05, 3.63) is 48.3 Å². The lowest BCUT2D eigenvalue weighted by molar-refractivity contribution is 0.478. The SMILES string of the molecule is NS(=O)(=O)c1c(CF)ccc(-c2cnn3ccccc23)c1-c1nn[nH]n1. The van der Waals surface area contributed by atoms with Crippen molar-refractivity contribution in [1.29, 1.82) is 0 Å². The van der Waals surface area contributed by atoms with Crippen molar-refractivity contribution >= 4 is 15.5 Å². The summed E-state index contributed by atoms with van der Waals surface area (Å²) in [6, 6.07) is 8.43. The van der Waals surface area contributed by atoms with Crippen molar-refractivity contribution in [2.75, 3.05) is 0 Å². The van der Waals surface area contributed by atoms with Gasteiger partial charge in [-0.15, -0.1) is 10.2 Å². The highest BCUT2D eigenvalue weighted by molar-refractivity contribution is 7.89. The summed E-state index contributed by atoms with van der Waals surface area (Å²) < 4.78 is 39.5. The maximum Gasteiger partial charge on any atom is 0.239 e. The zero-order valence-electron chi connectivity index (χ0n) is 13.2. The summed E-state index contributed by atoms with van der Waals surface area (Å²) in [6.45, 7) is -1.01. The number of nitrogens with one attached hydrogen (secondary N) is 1. The number of benzene rings is 1. The van der Waals surface area contributed by atoms with E-state index in [4.69, 9.17) is 5.14 Å². The van der Waals surface area contributed by atoms with E-state index in [1.807, 2.05) is 18.2 Å². The van der Waals surface area contributed by atoms with E-state index in [0.29, 0.717) is 11.1 Å². The van der Waals surface area contributed by atoms with E-state index < -0.39 is 16.7 Å². The van der Waals surface area contributed by atoms with Crippen LogP contribution in [0, 0.1) is 0 Å². The fraction of sp³-hybridized carbons (Fsp3) is 0.0667. The Morgan fingerprint density at radius 2 is 2.04 bits per heavy atom. The van der Waals surface area contributed by atoms with Gasteiger partial charge in [0.25, 0.3) is 0 Å². The number of pyridine rings is 1. The summed E-state index contributed by atoms with van der Waals surface area (Å²) in [5, 5.41) is 23.1. The maximum absolute atomic E-state index is 13.5. The van der Waals surface area contributed by atoms with Gasteiger partial charge in [-0.1, -0.05) is 18.2 Å². The van der Waals surface area contributed by atoms with Crippen LogP contribution in [0.2, 0.25) is 0 Å². The Morgan fingerprint density at radius 3 is 2.73 bits per heavy atom. The zero-order valence-corrected chi connectivity index (χ0v) is 14.0. The van der Waals surface area contributed by atoms with Crippen molar-refractivity contribution in [2.24, 2.45) is 5.14 Å². The summed E-state index contributed by atoms with van der Waals surface area (Å²) in [6.07, 6.45) is 3.33. The molecule has 9 nitrogen and oxygen atoms in total. The number of sulfonamides is 1. The Labute approximate surface area is 146 Å². The number of primary sulfonamides is 1. The van der Waals surface area contributed by atoms with Gasteiger partial charge in [-0.3, -0.25) is 0 Å². The van der Waals surface area contributed by atoms with Gasteiger partial charge in [-0.2, -0.15) is 10.3 Å². The predicted octanol–water partition coefficient (Wildman–Crippen LogP) is 1.30. The minimum Gasteiger partial charge on any atom is -0.246 e. The molecule has 132 valence electrons. The Balaban J connectivity index is 2.14. The third-order valence-electron chi connectivity index (χ3n) is 3.95. The van der Waals surface area contributed by atoms with Crippen molar-refractivity contribution in [3.8, 4) is 22.5 Å². The van der Waals surface area contributed by atoms with E-state index in [0.717, 1.165) is 5.52 Å². The number of aromatic amines is 1. The molecule has 0 fully saturated rings. The molecular weight excluding hydrogens is 361 g/mol. The number of hydrogen-bond donors (Lipinski definition) is 2. The number of H-pyrrole nitrogens is 1. The van der Waals surface area contributed by atoms with Gasteiger partial charge in [-0.25, -0.2) is 22.5 Å². The first-order valence-corrected chi connectivity index (χ1v) is 8.96. The van der Waals surface area contributed by atoms with Gasteiger partial charge >= 0.3 is 0 Å². The lowest BCUT2D eigenvalue weighted by Gasteiger charge is -2.13. The first kappa shape index (κ1) is 16.3. The quantitative estimate of drug-likeness (QED) is 0.554. The molecule has 0 aliphatic heterocycles. The second-order valence-corrected chi connectivity index (χ2v) is 6.98. The number of fused-ring (bicyclic) bond motifs is 1. The zero-order chi connectivity index (χ0) is 18.3. The molecule has 0 unspecified atom stereocenters. The third-order valence-corrected chi connectivity index (χ3v) is 4.99. The molecule has 4 aromatic rings. The number of aromatic nitrogens is 6. The first-order valence-electron chi connectivity index (χ1n) is 7.42. The van der Waals surface area contributed by atoms with Crippen LogP contribution in [0.4, 0.5) is 4.39 Å². The normalized spacial score (nSPS) is 11.9. The highest BCUT2D eigenvalue weighted by atomic mass is 32.2. The van der Waals surface area contributed by atoms with Crippen molar-refractivity contribution in [1.82, 2.24) is 30.2 Å². The van der Waals surface area contributed by atoms with Gasteiger partial charge < -0.3 is 0 Å². The molecule has 0 radical (unpaired) electrons. The summed E-state index contributed by atoms with van der Waals surface area (Å²) in [5.74, 6) is -0.00499. The number of nitrogens with two attached hydrogens (primary N) is 1. The molecule has 4 rings (SSSR count). The molecule has 3 heterocycles. The summed E-state index contributed by atoms with van der Waals surface area (Å²) >= 11 is 0. The highest BCUT2D eigenvalue weighted by Crippen LogP contribution is 2.38. The van der Waals surface area contributed by atoms with Crippen LogP contribution in [0.3, 0.4) is 0 Å². The lowest BCUT2D eigenvalue weighted by Crippen LogP contribution is -2.16. The number of tetrazole rings is 1. The summed E-state index contributed by atoms with van der Waals surface area (Å²) in [4.78, 5) is -0.366. The van der Waals surface area contributed by atoms with E-state index in [-0.39, 0.29) is 21.8 Å². The monoisotopic (exact) mass is 373 g/mol. The summed E-state index contributed by atoms with van der Waals surface area (Å²) in [7, 11) is -4.26. The second kappa shape index (κ2) is 5.97. The van der Waals surface area contributed by atoms with Crippen molar-refractivity contribution < 1.29 is 12.8 Å². The Morgan fingerprint density at radius 1 is 1.19 bits per heavy atom. The van der Waals surface area contributed by atoms with Crippen LogP contribution in [-0.4, -0.2) is 38.7 Å². The Bertz CT molecular complexity index is 1200. The van der Waals surface area contributed by atoms with Crippen LogP contribution in [0.15, 0.2) is 47.6 Å². The molecule has 0 saturated heterocycles. The molecule has 0 bridgehead atoms. The number of nitrogens with zero attached hydrogens (tertiary/aromatic N) is 5. The molecule has 0 aliphatic rings. The van der Waals surface area contributed by atoms with E-state index in [1.54, 1.807) is 23.0 Å². The molecule has 3 aromatic heterocycles. The molecule has 11 heteroatoms. The lowest BCUT2D eigenvalue weighted by atomic mass is 9.98. The topological polar surface area (TPSA) is 132 Å². The summed E-state index contributed by atoms with van der Waals surface area (Å²) in [5.41, 5.74) is 1.81. The molecule has 26 heavy (non-hydrogen) atoms. The highest BCUT2D eigenvalue weighted by Gasteiger charge is 2.27. The third kappa shape index (κ3) is 2.53. The molecule has 3 N–H and O–H groups in total. The fourth-order valence-corrected chi connectivity index (χ4v) is 3.89. The average molecular weight is 373 g/mol. The van der Waals surface area contributed by atoms with Gasteiger partial charge in [0, 0.05) is 17.3 Å². The molecular formula is C15H12FN7O2S. The number of hydrogen-bond acceptors (Lipinski definition) is 6. The molecule has 1 aromatic carbocycles. The minimum atomic E-state index is -4.26. The van der Waals surface area contributed by atoms with Gasteiger partial charge in [0.1, 0.15) is 6.67 Å². The van der Waals surface area contributed by atoms with Crippen LogP contribution in [0.5, 0.6) is 0 Å². The van der Waals surface area contributed by atoms with Crippen molar-refractivity contribution in [2.45, 2.75) is 11.6 Å². The standard InChI is InChI=1S/C15H12FN7O2S/c16-7-9-4-5-10(11-8-18-23-6-2-1-3-12(11)23)13(14(9)26(17,24)25)15-19-21-22-20-15/h1-6,8H,7H2,(H2,17,24,25)(H,19,20,21,22). The van der Waals surface area contributed by atoms with Crippen LogP contribution < -0.4 is 5.14 Å². The van der Waals surface area contributed by atoms with Gasteiger partial charge in [0.05, 0.1) is 22.2 Å². The molecule has 0 atom stereocenters. The number of rotatable bonds is 4. The van der Waals surface area contributed by atoms with Crippen LogP contribution in [0.1, 0.15) is 5.56 Å². The molecule has 0 amide bonds. The Hall–Kier alpha value is -3.18. The van der Waals surface area contributed by atoms with Crippen LogP contribution >= 0.6 is 0 Å². The molecule has 0 saturated carbocycles. The number of halogens is 1. The van der Waals surface area contributed by atoms with Gasteiger partial charge in [0.15, 0.2) is 0 Å². The Kier molecular flexibility index (Phi) is 3.74. The fourth-order valence-electron chi connectivity index (χ4n) is 2.91. The van der Waals surface area contributed by atoms with E-state index in [2.05, 4.69) is 25.7 Å². The predicted molar refractivity (Wildman–Crippen MR) is 90.0 cm³/mol. The molecule has 0 aliphatic carbocycles. The van der Waals surface area contributed by atoms with E-state index in [1.165, 1.54) is 6.07 Å².